The number of benzene rings is 1. The Hall–Kier alpha value is -1.94. The van der Waals surface area contributed by atoms with E-state index in [9.17, 15) is 10.2 Å². The van der Waals surface area contributed by atoms with Crippen LogP contribution in [0.15, 0.2) is 41.0 Å². The van der Waals surface area contributed by atoms with Crippen molar-refractivity contribution in [3.05, 3.63) is 47.9 Å². The molecule has 0 bridgehead atoms. The van der Waals surface area contributed by atoms with Crippen molar-refractivity contribution in [2.24, 2.45) is 0 Å². The zero-order valence-electron chi connectivity index (χ0n) is 11.0. The predicted octanol–water partition coefficient (Wildman–Crippen LogP) is 2.80. The molecule has 0 aliphatic carbocycles. The van der Waals surface area contributed by atoms with Crippen LogP contribution in [0, 0.1) is 0 Å². The number of furan rings is 1. The zero-order valence-corrected chi connectivity index (χ0v) is 11.0. The summed E-state index contributed by atoms with van der Waals surface area (Å²) in [5, 5.41) is 22.4. The van der Waals surface area contributed by atoms with E-state index in [4.69, 9.17) is 4.42 Å². The molecule has 1 unspecified atom stereocenters. The summed E-state index contributed by atoms with van der Waals surface area (Å²) in [7, 11) is 0. The molecule has 0 saturated carbocycles. The van der Waals surface area contributed by atoms with Gasteiger partial charge < -0.3 is 19.9 Å². The van der Waals surface area contributed by atoms with Gasteiger partial charge in [0.15, 0.2) is 11.5 Å². The number of aromatic hydroxyl groups is 2. The van der Waals surface area contributed by atoms with Crippen molar-refractivity contribution in [2.75, 3.05) is 0 Å². The minimum absolute atomic E-state index is 0.0479. The zero-order chi connectivity index (χ0) is 13.7. The highest BCUT2D eigenvalue weighted by Crippen LogP contribution is 2.27. The molecule has 4 heteroatoms. The van der Waals surface area contributed by atoms with Crippen molar-refractivity contribution in [2.45, 2.75) is 32.4 Å². The Morgan fingerprint density at radius 1 is 1.21 bits per heavy atom. The number of phenolic OH excluding ortho intramolecular Hbond substituents is 2. The maximum atomic E-state index is 9.69. The van der Waals surface area contributed by atoms with Crippen molar-refractivity contribution in [1.82, 2.24) is 5.32 Å². The molecule has 0 aliphatic rings. The normalized spacial score (nSPS) is 12.5. The lowest BCUT2D eigenvalue weighted by Crippen LogP contribution is -2.25. The number of hydrogen-bond donors (Lipinski definition) is 3. The molecule has 1 aromatic carbocycles. The second-order valence-corrected chi connectivity index (χ2v) is 4.68. The predicted molar refractivity (Wildman–Crippen MR) is 73.1 cm³/mol. The first-order chi connectivity index (χ1) is 9.16. The summed E-state index contributed by atoms with van der Waals surface area (Å²) in [5.41, 5.74) is 0.699. The molecular formula is C15H19NO3. The summed E-state index contributed by atoms with van der Waals surface area (Å²) in [5.74, 6) is 0.852. The number of rotatable bonds is 6. The third-order valence-electron chi connectivity index (χ3n) is 3.14. The highest BCUT2D eigenvalue weighted by atomic mass is 16.3. The van der Waals surface area contributed by atoms with Gasteiger partial charge in [-0.2, -0.15) is 0 Å². The first-order valence-electron chi connectivity index (χ1n) is 6.42. The van der Waals surface area contributed by atoms with Crippen LogP contribution in [0.2, 0.25) is 0 Å². The Morgan fingerprint density at radius 3 is 2.79 bits per heavy atom. The topological polar surface area (TPSA) is 65.6 Å². The van der Waals surface area contributed by atoms with Gasteiger partial charge in [-0.15, -0.1) is 0 Å². The van der Waals surface area contributed by atoms with Gasteiger partial charge in [0.2, 0.25) is 0 Å². The average Bonchev–Trinajstić information content (AvgIpc) is 2.91. The van der Waals surface area contributed by atoms with Crippen molar-refractivity contribution < 1.29 is 14.6 Å². The molecule has 0 aliphatic heterocycles. The maximum absolute atomic E-state index is 9.69. The van der Waals surface area contributed by atoms with Crippen LogP contribution in [0.5, 0.6) is 11.5 Å². The lowest BCUT2D eigenvalue weighted by molar-refractivity contribution is 0.394. The van der Waals surface area contributed by atoms with Crippen molar-refractivity contribution in [3.63, 3.8) is 0 Å². The fourth-order valence-corrected chi connectivity index (χ4v) is 1.92. The van der Waals surface area contributed by atoms with E-state index >= 15 is 0 Å². The van der Waals surface area contributed by atoms with Gasteiger partial charge in [0.1, 0.15) is 5.76 Å². The summed E-state index contributed by atoms with van der Waals surface area (Å²) < 4.78 is 5.28. The molecule has 2 aromatic rings. The Labute approximate surface area is 112 Å². The first-order valence-corrected chi connectivity index (χ1v) is 6.42. The smallest absolute Gasteiger partial charge is 0.161 e. The third-order valence-corrected chi connectivity index (χ3v) is 3.14. The molecule has 0 fully saturated rings. The maximum Gasteiger partial charge on any atom is 0.161 e. The molecule has 4 nitrogen and oxygen atoms in total. The highest BCUT2D eigenvalue weighted by Gasteiger charge is 2.08. The van der Waals surface area contributed by atoms with Crippen LogP contribution in [0.1, 0.15) is 24.7 Å². The van der Waals surface area contributed by atoms with E-state index in [1.54, 1.807) is 18.4 Å². The van der Waals surface area contributed by atoms with Crippen molar-refractivity contribution in [3.8, 4) is 11.5 Å². The molecule has 1 atom stereocenters. The fourth-order valence-electron chi connectivity index (χ4n) is 1.92. The molecule has 0 amide bonds. The largest absolute Gasteiger partial charge is 0.504 e. The lowest BCUT2D eigenvalue weighted by Gasteiger charge is -2.14. The molecule has 1 aromatic heterocycles. The SMILES string of the molecule is CC(CCc1ccco1)NCc1cccc(O)c1O. The summed E-state index contributed by atoms with van der Waals surface area (Å²) in [4.78, 5) is 0. The molecule has 3 N–H and O–H groups in total. The number of para-hydroxylation sites is 1. The third kappa shape index (κ3) is 3.76. The standard InChI is InChI=1S/C15H19NO3/c1-11(7-8-13-5-3-9-19-13)16-10-12-4-2-6-14(17)15(12)18/h2-6,9,11,16-18H,7-8,10H2,1H3. The van der Waals surface area contributed by atoms with Gasteiger partial charge in [-0.1, -0.05) is 12.1 Å². The van der Waals surface area contributed by atoms with Gasteiger partial charge in [0, 0.05) is 24.6 Å². The highest BCUT2D eigenvalue weighted by molar-refractivity contribution is 5.44. The summed E-state index contributed by atoms with van der Waals surface area (Å²) in [6, 6.07) is 9.14. The Balaban J connectivity index is 1.80. The van der Waals surface area contributed by atoms with Crippen LogP contribution in [0.25, 0.3) is 0 Å². The Morgan fingerprint density at radius 2 is 2.05 bits per heavy atom. The molecule has 19 heavy (non-hydrogen) atoms. The second kappa shape index (κ2) is 6.29. The van der Waals surface area contributed by atoms with Crippen molar-refractivity contribution in [1.29, 1.82) is 0 Å². The van der Waals surface area contributed by atoms with Gasteiger partial charge >= 0.3 is 0 Å². The monoisotopic (exact) mass is 261 g/mol. The molecule has 102 valence electrons. The van der Waals surface area contributed by atoms with Crippen LogP contribution in [0.3, 0.4) is 0 Å². The Kier molecular flexibility index (Phi) is 4.47. The lowest BCUT2D eigenvalue weighted by atomic mass is 10.1. The van der Waals surface area contributed by atoms with E-state index in [1.165, 1.54) is 6.07 Å². The molecule has 0 spiro atoms. The van der Waals surface area contributed by atoms with E-state index < -0.39 is 0 Å². The van der Waals surface area contributed by atoms with Gasteiger partial charge in [0.25, 0.3) is 0 Å². The summed E-state index contributed by atoms with van der Waals surface area (Å²) in [6.45, 7) is 2.61. The number of aryl methyl sites for hydroxylation is 1. The minimum Gasteiger partial charge on any atom is -0.504 e. The van der Waals surface area contributed by atoms with E-state index in [0.717, 1.165) is 18.6 Å². The van der Waals surface area contributed by atoms with Crippen LogP contribution in [0.4, 0.5) is 0 Å². The van der Waals surface area contributed by atoms with Gasteiger partial charge in [0.05, 0.1) is 6.26 Å². The quantitative estimate of drug-likeness (QED) is 0.700. The van der Waals surface area contributed by atoms with Gasteiger partial charge in [-0.05, 0) is 31.5 Å². The van der Waals surface area contributed by atoms with E-state index in [0.29, 0.717) is 18.2 Å². The molecule has 1 heterocycles. The average molecular weight is 261 g/mol. The molecule has 0 saturated heterocycles. The van der Waals surface area contributed by atoms with Crippen LogP contribution < -0.4 is 5.32 Å². The fraction of sp³-hybridized carbons (Fsp3) is 0.333. The van der Waals surface area contributed by atoms with Crippen LogP contribution >= 0.6 is 0 Å². The number of phenols is 2. The van der Waals surface area contributed by atoms with Gasteiger partial charge in [-0.3, -0.25) is 0 Å². The Bertz CT molecular complexity index is 508. The van der Waals surface area contributed by atoms with Crippen LogP contribution in [-0.4, -0.2) is 16.3 Å². The minimum atomic E-state index is -0.0810. The van der Waals surface area contributed by atoms with E-state index in [-0.39, 0.29) is 11.5 Å². The molecule has 0 radical (unpaired) electrons. The number of nitrogens with one attached hydrogen (secondary N) is 1. The van der Waals surface area contributed by atoms with Crippen molar-refractivity contribution >= 4 is 0 Å². The summed E-state index contributed by atoms with van der Waals surface area (Å²) in [6.07, 6.45) is 3.51. The van der Waals surface area contributed by atoms with Gasteiger partial charge in [-0.25, -0.2) is 0 Å². The van der Waals surface area contributed by atoms with E-state index in [2.05, 4.69) is 12.2 Å². The first kappa shape index (κ1) is 13.5. The summed E-state index contributed by atoms with van der Waals surface area (Å²) >= 11 is 0. The molecule has 2 rings (SSSR count). The van der Waals surface area contributed by atoms with E-state index in [1.807, 2.05) is 12.1 Å². The molecular weight excluding hydrogens is 242 g/mol. The van der Waals surface area contributed by atoms with Crippen LogP contribution in [-0.2, 0) is 13.0 Å². The number of hydrogen-bond acceptors (Lipinski definition) is 4. The second-order valence-electron chi connectivity index (χ2n) is 4.68.